The quantitative estimate of drug-likeness (QED) is 0.900. The van der Waals surface area contributed by atoms with Crippen molar-refractivity contribution >= 4 is 0 Å². The minimum Gasteiger partial charge on any atom is -0.376 e. The van der Waals surface area contributed by atoms with Crippen LogP contribution in [0.4, 0.5) is 13.2 Å². The van der Waals surface area contributed by atoms with Crippen molar-refractivity contribution in [2.45, 2.75) is 50.9 Å². The van der Waals surface area contributed by atoms with E-state index in [4.69, 9.17) is 10.5 Å². The maximum atomic E-state index is 12.7. The van der Waals surface area contributed by atoms with Gasteiger partial charge >= 0.3 is 6.18 Å². The van der Waals surface area contributed by atoms with Gasteiger partial charge in [0.15, 0.2) is 0 Å². The predicted octanol–water partition coefficient (Wildman–Crippen LogP) is 4.30. The van der Waals surface area contributed by atoms with E-state index in [1.165, 1.54) is 12.5 Å². The zero-order valence-electron chi connectivity index (χ0n) is 12.2. The summed E-state index contributed by atoms with van der Waals surface area (Å²) in [5.74, 6) is 0.493. The minimum atomic E-state index is -4.34. The summed E-state index contributed by atoms with van der Waals surface area (Å²) in [5.41, 5.74) is 5.78. The summed E-state index contributed by atoms with van der Waals surface area (Å²) in [5, 5.41) is 0. The molecule has 0 bridgehead atoms. The van der Waals surface area contributed by atoms with Crippen molar-refractivity contribution in [3.8, 4) is 0 Å². The zero-order valence-corrected chi connectivity index (χ0v) is 12.2. The molecule has 0 amide bonds. The van der Waals surface area contributed by atoms with Gasteiger partial charge in [0.2, 0.25) is 0 Å². The van der Waals surface area contributed by atoms with Crippen molar-refractivity contribution in [1.29, 1.82) is 0 Å². The van der Waals surface area contributed by atoms with E-state index >= 15 is 0 Å². The molecular formula is C16H22F3NO. The third-order valence-corrected chi connectivity index (χ3v) is 4.16. The molecule has 0 aromatic heterocycles. The van der Waals surface area contributed by atoms with Crippen LogP contribution in [-0.2, 0) is 10.9 Å². The highest BCUT2D eigenvalue weighted by atomic mass is 19.4. The molecule has 1 aliphatic carbocycles. The number of hydrogen-bond donors (Lipinski definition) is 1. The molecule has 0 radical (unpaired) electrons. The van der Waals surface area contributed by atoms with Crippen molar-refractivity contribution in [1.82, 2.24) is 0 Å². The molecule has 2 N–H and O–H groups in total. The minimum absolute atomic E-state index is 0.176. The first-order valence-electron chi connectivity index (χ1n) is 7.42. The first kappa shape index (κ1) is 16.3. The molecule has 0 aliphatic heterocycles. The Hall–Kier alpha value is -1.07. The van der Waals surface area contributed by atoms with Gasteiger partial charge in [0.05, 0.1) is 24.3 Å². The Kier molecular flexibility index (Phi) is 5.27. The number of alkyl halides is 3. The first-order chi connectivity index (χ1) is 9.88. The van der Waals surface area contributed by atoms with Crippen LogP contribution in [0.5, 0.6) is 0 Å². The summed E-state index contributed by atoms with van der Waals surface area (Å²) >= 11 is 0. The second kappa shape index (κ2) is 6.79. The van der Waals surface area contributed by atoms with Crippen LogP contribution in [0.2, 0.25) is 0 Å². The number of ether oxygens (including phenoxy) is 1. The van der Waals surface area contributed by atoms with E-state index in [0.29, 0.717) is 11.5 Å². The van der Waals surface area contributed by atoms with Crippen LogP contribution in [-0.4, -0.2) is 12.7 Å². The van der Waals surface area contributed by atoms with Gasteiger partial charge < -0.3 is 10.5 Å². The molecule has 21 heavy (non-hydrogen) atoms. The third-order valence-electron chi connectivity index (χ3n) is 4.16. The van der Waals surface area contributed by atoms with Gasteiger partial charge in [-0.3, -0.25) is 0 Å². The molecule has 5 heteroatoms. The smallest absolute Gasteiger partial charge is 0.376 e. The Balaban J connectivity index is 1.95. The Labute approximate surface area is 123 Å². The number of hydrogen-bond acceptors (Lipinski definition) is 2. The van der Waals surface area contributed by atoms with Gasteiger partial charge in [0.1, 0.15) is 0 Å². The molecule has 1 aromatic carbocycles. The van der Waals surface area contributed by atoms with Crippen molar-refractivity contribution in [3.05, 3.63) is 35.4 Å². The molecule has 3 unspecified atom stereocenters. The van der Waals surface area contributed by atoms with Gasteiger partial charge in [-0.2, -0.15) is 13.2 Å². The largest absolute Gasteiger partial charge is 0.416 e. The van der Waals surface area contributed by atoms with Crippen molar-refractivity contribution in [2.24, 2.45) is 11.7 Å². The molecule has 2 rings (SSSR count). The maximum absolute atomic E-state index is 12.7. The Bertz CT molecular complexity index is 461. The van der Waals surface area contributed by atoms with E-state index in [1.807, 2.05) is 0 Å². The number of rotatable bonds is 4. The van der Waals surface area contributed by atoms with Crippen LogP contribution in [0, 0.1) is 5.92 Å². The lowest BCUT2D eigenvalue weighted by Gasteiger charge is -2.29. The summed E-state index contributed by atoms with van der Waals surface area (Å²) in [6.07, 6.45) is 0.360. The van der Waals surface area contributed by atoms with Crippen LogP contribution in [0.25, 0.3) is 0 Å². The number of nitrogens with two attached hydrogens (primary N) is 1. The van der Waals surface area contributed by atoms with Crippen LogP contribution in [0.1, 0.15) is 49.8 Å². The fourth-order valence-electron chi connectivity index (χ4n) is 2.80. The fourth-order valence-corrected chi connectivity index (χ4v) is 2.80. The lowest BCUT2D eigenvalue weighted by atomic mass is 9.88. The molecule has 118 valence electrons. The molecule has 1 fully saturated rings. The summed E-state index contributed by atoms with van der Waals surface area (Å²) in [6.45, 7) is 2.41. The van der Waals surface area contributed by atoms with Crippen molar-refractivity contribution < 1.29 is 17.9 Å². The lowest BCUT2D eigenvalue weighted by Crippen LogP contribution is -2.29. The van der Waals surface area contributed by atoms with Crippen LogP contribution >= 0.6 is 0 Å². The first-order valence-corrected chi connectivity index (χ1v) is 7.42. The average molecular weight is 301 g/mol. The van der Waals surface area contributed by atoms with E-state index in [2.05, 4.69) is 6.92 Å². The van der Waals surface area contributed by atoms with Gasteiger partial charge in [-0.15, -0.1) is 0 Å². The van der Waals surface area contributed by atoms with Crippen LogP contribution in [0.15, 0.2) is 24.3 Å². The number of halogens is 3. The average Bonchev–Trinajstić information content (AvgIpc) is 2.45. The maximum Gasteiger partial charge on any atom is 0.416 e. The summed E-state index contributed by atoms with van der Waals surface area (Å²) in [6, 6.07) is 4.65. The number of benzene rings is 1. The van der Waals surface area contributed by atoms with E-state index < -0.39 is 17.8 Å². The molecular weight excluding hydrogens is 279 g/mol. The van der Waals surface area contributed by atoms with E-state index in [-0.39, 0.29) is 12.7 Å². The molecule has 2 nitrogen and oxygen atoms in total. The van der Waals surface area contributed by atoms with Gasteiger partial charge in [0.25, 0.3) is 0 Å². The Morgan fingerprint density at radius 3 is 2.67 bits per heavy atom. The third kappa shape index (κ3) is 4.45. The van der Waals surface area contributed by atoms with Crippen molar-refractivity contribution in [2.75, 3.05) is 6.61 Å². The molecule has 0 saturated heterocycles. The summed E-state index contributed by atoms with van der Waals surface area (Å²) < 4.78 is 43.9. The van der Waals surface area contributed by atoms with E-state index in [9.17, 15) is 13.2 Å². The predicted molar refractivity (Wildman–Crippen MR) is 75.7 cm³/mol. The lowest BCUT2D eigenvalue weighted by molar-refractivity contribution is -0.137. The molecule has 1 aromatic rings. The summed E-state index contributed by atoms with van der Waals surface area (Å²) in [7, 11) is 0. The highest BCUT2D eigenvalue weighted by Crippen LogP contribution is 2.31. The Morgan fingerprint density at radius 2 is 2.00 bits per heavy atom. The molecule has 3 atom stereocenters. The van der Waals surface area contributed by atoms with Gasteiger partial charge in [-0.05, 0) is 36.5 Å². The second-order valence-electron chi connectivity index (χ2n) is 5.86. The van der Waals surface area contributed by atoms with Gasteiger partial charge in [-0.25, -0.2) is 0 Å². The zero-order chi connectivity index (χ0) is 15.5. The van der Waals surface area contributed by atoms with Crippen molar-refractivity contribution in [3.63, 3.8) is 0 Å². The van der Waals surface area contributed by atoms with Gasteiger partial charge in [0, 0.05) is 0 Å². The standard InChI is InChI=1S/C16H22F3NO/c1-11-5-2-3-8-15(11)21-10-14(20)12-6-4-7-13(9-12)16(17,18)19/h4,6-7,9,11,14-15H,2-3,5,8,10,20H2,1H3. The molecule has 0 spiro atoms. The highest BCUT2D eigenvalue weighted by Gasteiger charge is 2.31. The molecule has 1 aliphatic rings. The SMILES string of the molecule is CC1CCCCC1OCC(N)c1cccc(C(F)(F)F)c1. The topological polar surface area (TPSA) is 35.2 Å². The normalized spacial score (nSPS) is 24.8. The Morgan fingerprint density at radius 1 is 1.29 bits per heavy atom. The molecule has 1 saturated carbocycles. The van der Waals surface area contributed by atoms with Crippen LogP contribution < -0.4 is 5.73 Å². The van der Waals surface area contributed by atoms with E-state index in [0.717, 1.165) is 31.4 Å². The molecule has 0 heterocycles. The fraction of sp³-hybridized carbons (Fsp3) is 0.625. The monoisotopic (exact) mass is 301 g/mol. The van der Waals surface area contributed by atoms with Crippen LogP contribution in [0.3, 0.4) is 0 Å². The second-order valence-corrected chi connectivity index (χ2v) is 5.86. The van der Waals surface area contributed by atoms with Gasteiger partial charge in [-0.1, -0.05) is 31.9 Å². The van der Waals surface area contributed by atoms with E-state index in [1.54, 1.807) is 6.07 Å². The highest BCUT2D eigenvalue weighted by molar-refractivity contribution is 5.27. The summed E-state index contributed by atoms with van der Waals surface area (Å²) in [4.78, 5) is 0.